The van der Waals surface area contributed by atoms with E-state index < -0.39 is 16.0 Å². The van der Waals surface area contributed by atoms with E-state index in [0.29, 0.717) is 35.9 Å². The first-order valence-electron chi connectivity index (χ1n) is 13.8. The number of anilines is 1. The van der Waals surface area contributed by atoms with Crippen LogP contribution in [-0.4, -0.2) is 34.6 Å². The number of nitrogens with one attached hydrogen (secondary N) is 2. The number of esters is 1. The Morgan fingerprint density at radius 3 is 2.27 bits per heavy atom. The predicted octanol–water partition coefficient (Wildman–Crippen LogP) is 7.34. The average Bonchev–Trinajstić information content (AvgIpc) is 2.93. The number of methoxy groups -OCH3 is 1. The van der Waals surface area contributed by atoms with Gasteiger partial charge < -0.3 is 14.8 Å². The summed E-state index contributed by atoms with van der Waals surface area (Å²) >= 11 is 6.28. The Morgan fingerprint density at radius 1 is 1.00 bits per heavy atom. The molecule has 222 valence electrons. The minimum absolute atomic E-state index is 0.0548. The van der Waals surface area contributed by atoms with E-state index in [0.717, 1.165) is 18.6 Å². The van der Waals surface area contributed by atoms with Crippen LogP contribution in [0.5, 0.6) is 5.75 Å². The largest absolute Gasteiger partial charge is 0.493 e. The quantitative estimate of drug-likeness (QED) is 0.128. The number of carbonyl (C=O) groups excluding carboxylic acids is 1. The lowest BCUT2D eigenvalue weighted by molar-refractivity contribution is -0.134. The summed E-state index contributed by atoms with van der Waals surface area (Å²) in [7, 11) is -2.50. The van der Waals surface area contributed by atoms with Crippen molar-refractivity contribution in [3.8, 4) is 5.75 Å². The lowest BCUT2D eigenvalue weighted by Crippen LogP contribution is -2.26. The number of benzene rings is 2. The molecular weight excluding hydrogens is 548 g/mol. The van der Waals surface area contributed by atoms with Crippen LogP contribution in [-0.2, 0) is 30.4 Å². The molecule has 2 aromatic carbocycles. The molecule has 9 heteroatoms. The molecule has 0 amide bonds. The second-order valence-electron chi connectivity index (χ2n) is 11.1. The molecule has 0 atom stereocenters. The van der Waals surface area contributed by atoms with Crippen LogP contribution in [0.2, 0.25) is 5.02 Å². The molecule has 0 unspecified atom stereocenters. The van der Waals surface area contributed by atoms with Crippen molar-refractivity contribution in [3.05, 3.63) is 64.3 Å². The highest BCUT2D eigenvalue weighted by atomic mass is 35.5. The fourth-order valence-electron chi connectivity index (χ4n) is 3.91. The Bertz CT molecular complexity index is 1300. The Kier molecular flexibility index (Phi) is 12.1. The van der Waals surface area contributed by atoms with Gasteiger partial charge in [-0.2, -0.15) is 0 Å². The summed E-state index contributed by atoms with van der Waals surface area (Å²) in [5.74, 6) is 0.324. The van der Waals surface area contributed by atoms with Gasteiger partial charge in [0.05, 0.1) is 29.3 Å². The van der Waals surface area contributed by atoms with Gasteiger partial charge in [-0.3, -0.25) is 0 Å². The molecule has 2 rings (SSSR count). The molecular formula is C31H45ClN2O5S. The van der Waals surface area contributed by atoms with Gasteiger partial charge in [0.1, 0.15) is 5.75 Å². The van der Waals surface area contributed by atoms with E-state index in [2.05, 4.69) is 68.5 Å². The molecule has 0 aliphatic carbocycles. The maximum atomic E-state index is 13.0. The lowest BCUT2D eigenvalue weighted by Gasteiger charge is -2.30. The molecule has 0 saturated heterocycles. The molecule has 0 bridgehead atoms. The van der Waals surface area contributed by atoms with Gasteiger partial charge in [-0.25, -0.2) is 17.9 Å². The number of hydrogen-bond acceptors (Lipinski definition) is 6. The van der Waals surface area contributed by atoms with Gasteiger partial charge in [0, 0.05) is 23.9 Å². The fraction of sp³-hybridized carbons (Fsp3) is 0.516. The topological polar surface area (TPSA) is 93.7 Å². The minimum atomic E-state index is -3.79. The van der Waals surface area contributed by atoms with Gasteiger partial charge in [-0.05, 0) is 66.3 Å². The Balaban J connectivity index is 2.08. The normalized spacial score (nSPS) is 12.8. The molecule has 0 spiro atoms. The van der Waals surface area contributed by atoms with Crippen LogP contribution >= 0.6 is 11.6 Å². The van der Waals surface area contributed by atoms with Crippen LogP contribution in [0.4, 0.5) is 5.69 Å². The molecule has 0 heterocycles. The molecule has 0 saturated carbocycles. The van der Waals surface area contributed by atoms with E-state index in [1.54, 1.807) is 0 Å². The van der Waals surface area contributed by atoms with Crippen LogP contribution in [0.15, 0.2) is 53.1 Å². The zero-order valence-corrected chi connectivity index (χ0v) is 26.7. The zero-order valence-electron chi connectivity index (χ0n) is 25.1. The molecule has 0 aromatic heterocycles. The standard InChI is InChI=1S/C31H45ClN2O5S/c1-9-23(20-29(35)38-8)34-27-21-24(14-15-26(27)32)40(36,37)33-17-12-18-39-28-16-13-22(30(4,5)10-2)19-25(28)31(6,7)11-3/h13-16,19-21,33-34H,9-12,17-18H2,1-8H3. The van der Waals surface area contributed by atoms with Gasteiger partial charge in [0.25, 0.3) is 0 Å². The van der Waals surface area contributed by atoms with Crippen LogP contribution in [0, 0.1) is 0 Å². The second kappa shape index (κ2) is 14.4. The first-order chi connectivity index (χ1) is 18.7. The number of carbonyl (C=O) groups is 1. The number of ether oxygens (including phenoxy) is 2. The SMILES string of the molecule is CCC(=CC(=O)OC)Nc1cc(S(=O)(=O)NCCCOc2ccc(C(C)(C)CC)cc2C(C)(C)CC)ccc1Cl. The van der Waals surface area contributed by atoms with Crippen molar-refractivity contribution in [1.29, 1.82) is 0 Å². The number of rotatable bonds is 15. The third kappa shape index (κ3) is 8.98. The molecule has 2 N–H and O–H groups in total. The van der Waals surface area contributed by atoms with Gasteiger partial charge in [-0.15, -0.1) is 0 Å². The molecule has 0 fully saturated rings. The molecule has 0 aliphatic heterocycles. The van der Waals surface area contributed by atoms with Crippen molar-refractivity contribution in [2.24, 2.45) is 0 Å². The fourth-order valence-corrected chi connectivity index (χ4v) is 5.18. The minimum Gasteiger partial charge on any atom is -0.493 e. The Labute approximate surface area is 245 Å². The lowest BCUT2D eigenvalue weighted by atomic mass is 9.76. The van der Waals surface area contributed by atoms with Crippen molar-refractivity contribution in [1.82, 2.24) is 4.72 Å². The first-order valence-corrected chi connectivity index (χ1v) is 15.7. The number of allylic oxidation sites excluding steroid dienone is 1. The summed E-state index contributed by atoms with van der Waals surface area (Å²) < 4.78 is 39.4. The van der Waals surface area contributed by atoms with Crippen molar-refractivity contribution in [3.63, 3.8) is 0 Å². The summed E-state index contributed by atoms with van der Waals surface area (Å²) in [5, 5.41) is 3.35. The van der Waals surface area contributed by atoms with E-state index in [-0.39, 0.29) is 22.3 Å². The van der Waals surface area contributed by atoms with Crippen molar-refractivity contribution < 1.29 is 22.7 Å². The maximum Gasteiger partial charge on any atom is 0.332 e. The van der Waals surface area contributed by atoms with Gasteiger partial charge in [-0.1, -0.05) is 72.2 Å². The highest BCUT2D eigenvalue weighted by molar-refractivity contribution is 7.89. The van der Waals surface area contributed by atoms with Crippen LogP contribution in [0.25, 0.3) is 0 Å². The summed E-state index contributed by atoms with van der Waals surface area (Å²) in [5.41, 5.74) is 3.40. The monoisotopic (exact) mass is 592 g/mol. The van der Waals surface area contributed by atoms with E-state index in [1.165, 1.54) is 42.5 Å². The third-order valence-electron chi connectivity index (χ3n) is 7.55. The molecule has 2 aromatic rings. The maximum absolute atomic E-state index is 13.0. The van der Waals surface area contributed by atoms with Crippen molar-refractivity contribution in [2.75, 3.05) is 25.6 Å². The molecule has 40 heavy (non-hydrogen) atoms. The Hall–Kier alpha value is -2.55. The summed E-state index contributed by atoms with van der Waals surface area (Å²) in [6, 6.07) is 10.8. The Morgan fingerprint density at radius 2 is 1.68 bits per heavy atom. The van der Waals surface area contributed by atoms with E-state index in [9.17, 15) is 13.2 Å². The predicted molar refractivity (Wildman–Crippen MR) is 164 cm³/mol. The van der Waals surface area contributed by atoms with Crippen LogP contribution in [0.1, 0.15) is 85.3 Å². The van der Waals surface area contributed by atoms with Gasteiger partial charge in [0.15, 0.2) is 0 Å². The zero-order chi connectivity index (χ0) is 30.1. The van der Waals surface area contributed by atoms with Gasteiger partial charge in [0.2, 0.25) is 10.0 Å². The van der Waals surface area contributed by atoms with Crippen LogP contribution in [0.3, 0.4) is 0 Å². The van der Waals surface area contributed by atoms with Crippen LogP contribution < -0.4 is 14.8 Å². The molecule has 7 nitrogen and oxygen atoms in total. The second-order valence-corrected chi connectivity index (χ2v) is 13.3. The highest BCUT2D eigenvalue weighted by Crippen LogP contribution is 2.38. The first kappa shape index (κ1) is 33.7. The van der Waals surface area contributed by atoms with E-state index in [1.807, 2.05) is 13.0 Å². The molecule has 0 radical (unpaired) electrons. The van der Waals surface area contributed by atoms with Gasteiger partial charge >= 0.3 is 5.97 Å². The number of sulfonamides is 1. The van der Waals surface area contributed by atoms with E-state index >= 15 is 0 Å². The molecule has 0 aliphatic rings. The van der Waals surface area contributed by atoms with Crippen molar-refractivity contribution in [2.45, 2.75) is 89.9 Å². The average molecular weight is 593 g/mol. The summed E-state index contributed by atoms with van der Waals surface area (Å²) in [6.07, 6.45) is 4.30. The number of hydrogen-bond donors (Lipinski definition) is 2. The smallest absolute Gasteiger partial charge is 0.332 e. The number of halogens is 1. The summed E-state index contributed by atoms with van der Waals surface area (Å²) in [6.45, 7) is 15.7. The third-order valence-corrected chi connectivity index (χ3v) is 9.33. The van der Waals surface area contributed by atoms with E-state index in [4.69, 9.17) is 16.3 Å². The summed E-state index contributed by atoms with van der Waals surface area (Å²) in [4.78, 5) is 11.7. The van der Waals surface area contributed by atoms with Crippen molar-refractivity contribution >= 4 is 33.3 Å². The highest BCUT2D eigenvalue weighted by Gasteiger charge is 2.26.